The highest BCUT2D eigenvalue weighted by Gasteiger charge is 2.39. The lowest BCUT2D eigenvalue weighted by atomic mass is 9.88. The Morgan fingerprint density at radius 3 is 2.46 bits per heavy atom. The SMILES string of the molecule is CCCCCC(=O)CC[C@H]1[C@@H](C=CC=CC=CC(=O)OC)[C@H](O)C[C@@H]1O. The first-order chi connectivity index (χ1) is 12.5. The zero-order valence-corrected chi connectivity index (χ0v) is 15.8. The van der Waals surface area contributed by atoms with E-state index >= 15 is 0 Å². The van der Waals surface area contributed by atoms with Crippen molar-refractivity contribution in [2.24, 2.45) is 11.8 Å². The fourth-order valence-corrected chi connectivity index (χ4v) is 3.32. The van der Waals surface area contributed by atoms with Gasteiger partial charge in [-0.3, -0.25) is 4.79 Å². The van der Waals surface area contributed by atoms with Gasteiger partial charge in [0.05, 0.1) is 19.3 Å². The second kappa shape index (κ2) is 12.6. The summed E-state index contributed by atoms with van der Waals surface area (Å²) in [5.41, 5.74) is 0. The Morgan fingerprint density at radius 1 is 1.04 bits per heavy atom. The number of allylic oxidation sites excluding steroid dienone is 4. The normalized spacial score (nSPS) is 26.3. The third-order valence-corrected chi connectivity index (χ3v) is 4.83. The van der Waals surface area contributed by atoms with Crippen LogP contribution in [-0.2, 0) is 14.3 Å². The number of esters is 1. The molecule has 26 heavy (non-hydrogen) atoms. The second-order valence-corrected chi connectivity index (χ2v) is 6.80. The number of rotatable bonds is 11. The predicted molar refractivity (Wildman–Crippen MR) is 101 cm³/mol. The number of carbonyl (C=O) groups is 2. The number of aliphatic hydroxyl groups excluding tert-OH is 2. The molecule has 0 amide bonds. The topological polar surface area (TPSA) is 83.8 Å². The molecular formula is C21H32O5. The molecule has 0 radical (unpaired) electrons. The van der Waals surface area contributed by atoms with Crippen molar-refractivity contribution >= 4 is 11.8 Å². The van der Waals surface area contributed by atoms with Crippen molar-refractivity contribution < 1.29 is 24.5 Å². The van der Waals surface area contributed by atoms with Crippen LogP contribution in [0.2, 0.25) is 0 Å². The molecule has 0 aliphatic heterocycles. The summed E-state index contributed by atoms with van der Waals surface area (Å²) in [6.45, 7) is 2.11. The third kappa shape index (κ3) is 8.11. The largest absolute Gasteiger partial charge is 0.466 e. The van der Waals surface area contributed by atoms with E-state index in [0.29, 0.717) is 25.7 Å². The van der Waals surface area contributed by atoms with Crippen molar-refractivity contribution in [1.82, 2.24) is 0 Å². The zero-order valence-electron chi connectivity index (χ0n) is 15.8. The lowest BCUT2D eigenvalue weighted by molar-refractivity contribution is -0.134. The molecule has 146 valence electrons. The summed E-state index contributed by atoms with van der Waals surface area (Å²) in [5, 5.41) is 20.4. The van der Waals surface area contributed by atoms with Gasteiger partial charge in [-0.1, -0.05) is 50.1 Å². The van der Waals surface area contributed by atoms with Gasteiger partial charge >= 0.3 is 5.97 Å². The van der Waals surface area contributed by atoms with E-state index in [2.05, 4.69) is 11.7 Å². The number of ether oxygens (including phenoxy) is 1. The molecule has 0 spiro atoms. The van der Waals surface area contributed by atoms with E-state index < -0.39 is 18.2 Å². The summed E-state index contributed by atoms with van der Waals surface area (Å²) in [4.78, 5) is 22.9. The number of carbonyl (C=O) groups excluding carboxylic acids is 2. The molecule has 0 heterocycles. The molecule has 1 saturated carbocycles. The Kier molecular flexibility index (Phi) is 10.8. The molecule has 5 heteroatoms. The van der Waals surface area contributed by atoms with Crippen molar-refractivity contribution in [1.29, 1.82) is 0 Å². The molecule has 5 nitrogen and oxygen atoms in total. The van der Waals surface area contributed by atoms with Gasteiger partial charge in [0.25, 0.3) is 0 Å². The van der Waals surface area contributed by atoms with Gasteiger partial charge in [0.2, 0.25) is 0 Å². The second-order valence-electron chi connectivity index (χ2n) is 6.80. The monoisotopic (exact) mass is 364 g/mol. The smallest absolute Gasteiger partial charge is 0.330 e. The Morgan fingerprint density at radius 2 is 1.77 bits per heavy atom. The fraction of sp³-hybridized carbons (Fsp3) is 0.619. The van der Waals surface area contributed by atoms with E-state index in [-0.39, 0.29) is 17.6 Å². The van der Waals surface area contributed by atoms with Crippen LogP contribution in [0.4, 0.5) is 0 Å². The molecule has 1 aliphatic carbocycles. The van der Waals surface area contributed by atoms with E-state index in [0.717, 1.165) is 19.3 Å². The average molecular weight is 364 g/mol. The minimum atomic E-state index is -0.597. The summed E-state index contributed by atoms with van der Waals surface area (Å²) in [7, 11) is 1.32. The van der Waals surface area contributed by atoms with Crippen LogP contribution in [0.1, 0.15) is 51.9 Å². The highest BCUT2D eigenvalue weighted by molar-refractivity contribution is 5.82. The molecule has 0 aromatic heterocycles. The first kappa shape index (κ1) is 22.3. The number of unbranched alkanes of at least 4 members (excludes halogenated alkanes) is 2. The number of hydrogen-bond acceptors (Lipinski definition) is 5. The van der Waals surface area contributed by atoms with Gasteiger partial charge in [-0.2, -0.15) is 0 Å². The van der Waals surface area contributed by atoms with Gasteiger partial charge in [0.15, 0.2) is 0 Å². The van der Waals surface area contributed by atoms with E-state index in [1.807, 2.05) is 6.08 Å². The maximum Gasteiger partial charge on any atom is 0.330 e. The van der Waals surface area contributed by atoms with Crippen LogP contribution in [0.15, 0.2) is 36.5 Å². The minimum absolute atomic E-state index is 0.101. The van der Waals surface area contributed by atoms with Gasteiger partial charge in [-0.05, 0) is 18.8 Å². The van der Waals surface area contributed by atoms with Crippen LogP contribution in [0.3, 0.4) is 0 Å². The van der Waals surface area contributed by atoms with Crippen molar-refractivity contribution in [3.05, 3.63) is 36.5 Å². The van der Waals surface area contributed by atoms with E-state index in [1.165, 1.54) is 13.2 Å². The molecular weight excluding hydrogens is 332 g/mol. The van der Waals surface area contributed by atoms with Crippen LogP contribution in [0.5, 0.6) is 0 Å². The number of aliphatic hydroxyl groups is 2. The maximum atomic E-state index is 12.0. The number of methoxy groups -OCH3 is 1. The summed E-state index contributed by atoms with van der Waals surface area (Å²) < 4.78 is 4.49. The zero-order chi connectivity index (χ0) is 19.4. The van der Waals surface area contributed by atoms with Gasteiger partial charge in [0, 0.05) is 31.3 Å². The quantitative estimate of drug-likeness (QED) is 0.255. The van der Waals surface area contributed by atoms with Crippen molar-refractivity contribution in [2.45, 2.75) is 64.1 Å². The van der Waals surface area contributed by atoms with Gasteiger partial charge < -0.3 is 14.9 Å². The first-order valence-electron chi connectivity index (χ1n) is 9.46. The van der Waals surface area contributed by atoms with Crippen LogP contribution in [-0.4, -0.2) is 41.3 Å². The van der Waals surface area contributed by atoms with Crippen LogP contribution < -0.4 is 0 Å². The number of Topliss-reactive ketones (excluding diaryl/α,β-unsaturated/α-hetero) is 1. The van der Waals surface area contributed by atoms with Crippen LogP contribution >= 0.6 is 0 Å². The Hall–Kier alpha value is -1.72. The van der Waals surface area contributed by atoms with Gasteiger partial charge in [-0.25, -0.2) is 4.79 Å². The molecule has 2 N–H and O–H groups in total. The summed E-state index contributed by atoms with van der Waals surface area (Å²) >= 11 is 0. The van der Waals surface area contributed by atoms with Crippen molar-refractivity contribution in [3.8, 4) is 0 Å². The lowest BCUT2D eigenvalue weighted by Gasteiger charge is -2.20. The Balaban J connectivity index is 2.51. The molecule has 0 saturated heterocycles. The summed E-state index contributed by atoms with van der Waals surface area (Å²) in [5.74, 6) is -0.447. The highest BCUT2D eigenvalue weighted by atomic mass is 16.5. The molecule has 1 aliphatic rings. The molecule has 4 atom stereocenters. The van der Waals surface area contributed by atoms with Crippen LogP contribution in [0, 0.1) is 11.8 Å². The lowest BCUT2D eigenvalue weighted by Crippen LogP contribution is -2.21. The molecule has 0 aromatic carbocycles. The minimum Gasteiger partial charge on any atom is -0.466 e. The Labute approximate surface area is 156 Å². The molecule has 0 aromatic rings. The fourth-order valence-electron chi connectivity index (χ4n) is 3.32. The van der Waals surface area contributed by atoms with Crippen LogP contribution in [0.25, 0.3) is 0 Å². The standard InChI is InChI=1S/C21H32O5/c1-3-4-7-10-16(22)13-14-18-17(19(23)15-20(18)24)11-8-5-6-9-12-21(25)26-2/h5-6,8-9,11-12,17-20,23-24H,3-4,7,10,13-15H2,1-2H3/t17-,18+,19-,20+/m1/s1. The van der Waals surface area contributed by atoms with Gasteiger partial charge in [-0.15, -0.1) is 0 Å². The number of hydrogen-bond donors (Lipinski definition) is 2. The first-order valence-corrected chi connectivity index (χ1v) is 9.46. The molecule has 0 bridgehead atoms. The van der Waals surface area contributed by atoms with Crippen molar-refractivity contribution in [2.75, 3.05) is 7.11 Å². The summed E-state index contributed by atoms with van der Waals surface area (Å²) in [6.07, 6.45) is 13.9. The average Bonchev–Trinajstić information content (AvgIpc) is 2.89. The van der Waals surface area contributed by atoms with E-state index in [4.69, 9.17) is 0 Å². The van der Waals surface area contributed by atoms with E-state index in [9.17, 15) is 19.8 Å². The third-order valence-electron chi connectivity index (χ3n) is 4.83. The maximum absolute atomic E-state index is 12.0. The molecule has 1 fully saturated rings. The van der Waals surface area contributed by atoms with Crippen molar-refractivity contribution in [3.63, 3.8) is 0 Å². The number of ketones is 1. The highest BCUT2D eigenvalue weighted by Crippen LogP contribution is 2.36. The molecule has 1 rings (SSSR count). The predicted octanol–water partition coefficient (Wildman–Crippen LogP) is 3.12. The summed E-state index contributed by atoms with van der Waals surface area (Å²) in [6, 6.07) is 0. The van der Waals surface area contributed by atoms with Gasteiger partial charge in [0.1, 0.15) is 5.78 Å². The molecule has 0 unspecified atom stereocenters. The van der Waals surface area contributed by atoms with E-state index in [1.54, 1.807) is 24.3 Å². The Bertz CT molecular complexity index is 520.